The first kappa shape index (κ1) is 23.0. The molecule has 0 unspecified atom stereocenters. The van der Waals surface area contributed by atoms with Crippen molar-refractivity contribution in [2.45, 2.75) is 19.3 Å². The van der Waals surface area contributed by atoms with Crippen LogP contribution in [-0.4, -0.2) is 4.57 Å². The summed E-state index contributed by atoms with van der Waals surface area (Å²) in [6.45, 7) is 4.72. The molecule has 6 aromatic carbocycles. The Bertz CT molecular complexity index is 2000. The van der Waals surface area contributed by atoms with Crippen molar-refractivity contribution in [3.05, 3.63) is 151 Å². The molecule has 0 atom stereocenters. The lowest BCUT2D eigenvalue weighted by atomic mass is 9.82. The summed E-state index contributed by atoms with van der Waals surface area (Å²) in [7, 11) is 0. The maximum atomic E-state index is 2.48. The van der Waals surface area contributed by atoms with Gasteiger partial charge in [-0.1, -0.05) is 117 Å². The lowest BCUT2D eigenvalue weighted by Crippen LogP contribution is -2.14. The Morgan fingerprint density at radius 1 is 0.425 bits per heavy atom. The van der Waals surface area contributed by atoms with Gasteiger partial charge in [0.2, 0.25) is 0 Å². The van der Waals surface area contributed by atoms with E-state index in [0.717, 1.165) is 0 Å². The molecule has 1 nitrogen and oxygen atoms in total. The molecule has 0 spiro atoms. The largest absolute Gasteiger partial charge is 0.309 e. The second-order valence-corrected chi connectivity index (χ2v) is 11.4. The number of hydrogen-bond donors (Lipinski definition) is 0. The molecule has 1 heterocycles. The van der Waals surface area contributed by atoms with E-state index in [0.29, 0.717) is 0 Å². The predicted octanol–water partition coefficient (Wildman–Crippen LogP) is 10.4. The Morgan fingerprint density at radius 3 is 1.73 bits per heavy atom. The highest BCUT2D eigenvalue weighted by Gasteiger charge is 2.36. The van der Waals surface area contributed by atoms with Gasteiger partial charge in [0.05, 0.1) is 11.0 Å². The monoisotopic (exact) mass is 511 g/mol. The van der Waals surface area contributed by atoms with Crippen molar-refractivity contribution >= 4 is 21.8 Å². The SMILES string of the molecule is CC1(C)c2ccccc2-c2cc3c4ccccc4n(-c4cc(-c5ccccc5)cc(-c5ccccc5)c4)c3cc21. The molecule has 0 radical (unpaired) electrons. The summed E-state index contributed by atoms with van der Waals surface area (Å²) in [6, 6.07) is 51.1. The van der Waals surface area contributed by atoms with Gasteiger partial charge < -0.3 is 4.57 Å². The van der Waals surface area contributed by atoms with Gasteiger partial charge in [-0.15, -0.1) is 0 Å². The molecule has 1 aromatic heterocycles. The van der Waals surface area contributed by atoms with Gasteiger partial charge >= 0.3 is 0 Å². The zero-order chi connectivity index (χ0) is 26.8. The van der Waals surface area contributed by atoms with Gasteiger partial charge in [0.15, 0.2) is 0 Å². The fourth-order valence-corrected chi connectivity index (χ4v) is 6.78. The Kier molecular flexibility index (Phi) is 4.93. The normalized spacial score (nSPS) is 13.4. The Balaban J connectivity index is 1.46. The Morgan fingerprint density at radius 2 is 1.02 bits per heavy atom. The first-order valence-corrected chi connectivity index (χ1v) is 14.0. The average Bonchev–Trinajstić information content (AvgIpc) is 3.45. The first-order valence-electron chi connectivity index (χ1n) is 14.0. The van der Waals surface area contributed by atoms with Crippen molar-refractivity contribution < 1.29 is 0 Å². The van der Waals surface area contributed by atoms with E-state index in [-0.39, 0.29) is 5.41 Å². The molecule has 0 saturated heterocycles. The highest BCUT2D eigenvalue weighted by molar-refractivity contribution is 6.11. The summed E-state index contributed by atoms with van der Waals surface area (Å²) in [4.78, 5) is 0. The van der Waals surface area contributed by atoms with Crippen molar-refractivity contribution in [1.29, 1.82) is 0 Å². The third-order valence-electron chi connectivity index (χ3n) is 8.77. The molecule has 0 aliphatic heterocycles. The number of nitrogens with zero attached hydrogens (tertiary/aromatic N) is 1. The molecular formula is C39H29N. The van der Waals surface area contributed by atoms with Crippen LogP contribution in [0.5, 0.6) is 0 Å². The molecule has 1 heteroatoms. The van der Waals surface area contributed by atoms with Crippen LogP contribution < -0.4 is 0 Å². The van der Waals surface area contributed by atoms with Crippen molar-refractivity contribution in [3.8, 4) is 39.1 Å². The van der Waals surface area contributed by atoms with Gasteiger partial charge in [-0.2, -0.15) is 0 Å². The summed E-state index contributed by atoms with van der Waals surface area (Å²) < 4.78 is 2.48. The molecule has 0 N–H and O–H groups in total. The standard InChI is InChI=1S/C39H29N/c1-39(2)35-19-11-9-17-31(35)33-24-34-32-18-10-12-20-37(32)40(38(34)25-36(33)39)30-22-28(26-13-5-3-6-14-26)21-29(23-30)27-15-7-4-8-16-27/h3-25H,1-2H3. The fraction of sp³-hybridized carbons (Fsp3) is 0.0769. The highest BCUT2D eigenvalue weighted by Crippen LogP contribution is 2.51. The summed E-state index contributed by atoms with van der Waals surface area (Å²) >= 11 is 0. The number of benzene rings is 6. The maximum Gasteiger partial charge on any atom is 0.0544 e. The highest BCUT2D eigenvalue weighted by atomic mass is 15.0. The van der Waals surface area contributed by atoms with Gasteiger partial charge in [-0.25, -0.2) is 0 Å². The second-order valence-electron chi connectivity index (χ2n) is 11.4. The minimum absolute atomic E-state index is 0.0531. The fourth-order valence-electron chi connectivity index (χ4n) is 6.78. The van der Waals surface area contributed by atoms with Gasteiger partial charge in [0, 0.05) is 21.9 Å². The topological polar surface area (TPSA) is 4.93 Å². The van der Waals surface area contributed by atoms with Crippen LogP contribution in [0.3, 0.4) is 0 Å². The minimum atomic E-state index is -0.0531. The average molecular weight is 512 g/mol. The van der Waals surface area contributed by atoms with E-state index in [1.54, 1.807) is 0 Å². The van der Waals surface area contributed by atoms with Gasteiger partial charge in [-0.3, -0.25) is 0 Å². The van der Waals surface area contributed by atoms with Crippen LogP contribution in [0.15, 0.2) is 140 Å². The van der Waals surface area contributed by atoms with E-state index >= 15 is 0 Å². The number of fused-ring (bicyclic) bond motifs is 6. The first-order chi connectivity index (χ1) is 19.6. The molecular weight excluding hydrogens is 482 g/mol. The van der Waals surface area contributed by atoms with E-state index in [2.05, 4.69) is 158 Å². The lowest BCUT2D eigenvalue weighted by Gasteiger charge is -2.22. The summed E-state index contributed by atoms with van der Waals surface area (Å²) in [5.74, 6) is 0. The Labute approximate surface area is 235 Å². The molecule has 1 aliphatic carbocycles. The van der Waals surface area contributed by atoms with Crippen LogP contribution in [0.25, 0.3) is 60.9 Å². The van der Waals surface area contributed by atoms with Gasteiger partial charge in [-0.05, 0) is 80.9 Å². The van der Waals surface area contributed by atoms with E-state index in [1.807, 2.05) is 0 Å². The molecule has 7 aromatic rings. The van der Waals surface area contributed by atoms with Crippen LogP contribution in [0, 0.1) is 0 Å². The molecule has 0 amide bonds. The zero-order valence-corrected chi connectivity index (χ0v) is 22.7. The van der Waals surface area contributed by atoms with Crippen LogP contribution >= 0.6 is 0 Å². The number of aromatic nitrogens is 1. The zero-order valence-electron chi connectivity index (χ0n) is 22.7. The van der Waals surface area contributed by atoms with Crippen molar-refractivity contribution in [2.75, 3.05) is 0 Å². The van der Waals surface area contributed by atoms with Crippen LogP contribution in [-0.2, 0) is 5.41 Å². The van der Waals surface area contributed by atoms with Crippen molar-refractivity contribution in [1.82, 2.24) is 4.57 Å². The number of hydrogen-bond acceptors (Lipinski definition) is 0. The second kappa shape index (κ2) is 8.56. The molecule has 40 heavy (non-hydrogen) atoms. The smallest absolute Gasteiger partial charge is 0.0544 e. The van der Waals surface area contributed by atoms with Crippen LogP contribution in [0.1, 0.15) is 25.0 Å². The minimum Gasteiger partial charge on any atom is -0.309 e. The van der Waals surface area contributed by atoms with E-state index in [1.165, 1.54) is 72.0 Å². The third-order valence-corrected chi connectivity index (χ3v) is 8.77. The summed E-state index contributed by atoms with van der Waals surface area (Å²) in [5, 5.41) is 2.59. The predicted molar refractivity (Wildman–Crippen MR) is 169 cm³/mol. The summed E-state index contributed by atoms with van der Waals surface area (Å²) in [5.41, 5.74) is 14.0. The van der Waals surface area contributed by atoms with Gasteiger partial charge in [0.1, 0.15) is 0 Å². The third kappa shape index (κ3) is 3.34. The molecule has 0 bridgehead atoms. The van der Waals surface area contributed by atoms with Crippen LogP contribution in [0.4, 0.5) is 0 Å². The quantitative estimate of drug-likeness (QED) is 0.222. The maximum absolute atomic E-state index is 2.48. The van der Waals surface area contributed by atoms with E-state index in [9.17, 15) is 0 Å². The lowest BCUT2D eigenvalue weighted by molar-refractivity contribution is 0.661. The van der Waals surface area contributed by atoms with E-state index < -0.39 is 0 Å². The van der Waals surface area contributed by atoms with Gasteiger partial charge in [0.25, 0.3) is 0 Å². The molecule has 0 fully saturated rings. The molecule has 8 rings (SSSR count). The molecule has 0 saturated carbocycles. The number of para-hydroxylation sites is 1. The molecule has 1 aliphatic rings. The van der Waals surface area contributed by atoms with Crippen LogP contribution in [0.2, 0.25) is 0 Å². The summed E-state index contributed by atoms with van der Waals surface area (Å²) in [6.07, 6.45) is 0. The molecule has 190 valence electrons. The van der Waals surface area contributed by atoms with Crippen molar-refractivity contribution in [2.24, 2.45) is 0 Å². The van der Waals surface area contributed by atoms with Crippen molar-refractivity contribution in [3.63, 3.8) is 0 Å². The van der Waals surface area contributed by atoms with E-state index in [4.69, 9.17) is 0 Å². The Hall–Kier alpha value is -4.88. The number of rotatable bonds is 3.